The van der Waals surface area contributed by atoms with Gasteiger partial charge >= 0.3 is 8.80 Å². The molecule has 0 radical (unpaired) electrons. The van der Waals surface area contributed by atoms with Crippen molar-refractivity contribution < 1.29 is 13.3 Å². The van der Waals surface area contributed by atoms with Crippen molar-refractivity contribution in [3.63, 3.8) is 0 Å². The highest BCUT2D eigenvalue weighted by Crippen LogP contribution is 2.48. The molecule has 3 nitrogen and oxygen atoms in total. The topological polar surface area (TPSA) is 27.7 Å². The summed E-state index contributed by atoms with van der Waals surface area (Å²) in [6.07, 6.45) is 2.69. The fraction of sp³-hybridized carbons (Fsp3) is 0.357. The Kier molecular flexibility index (Phi) is 9.24. The molecular formula is C28H36O3Si. The molecule has 0 atom stereocenters. The van der Waals surface area contributed by atoms with E-state index in [4.69, 9.17) is 13.3 Å². The van der Waals surface area contributed by atoms with Gasteiger partial charge in [-0.05, 0) is 36.0 Å². The van der Waals surface area contributed by atoms with Crippen LogP contribution in [0.25, 0.3) is 0 Å². The van der Waals surface area contributed by atoms with Crippen molar-refractivity contribution in [3.05, 3.63) is 108 Å². The van der Waals surface area contributed by atoms with Gasteiger partial charge in [0.1, 0.15) is 5.04 Å². The summed E-state index contributed by atoms with van der Waals surface area (Å²) in [5.41, 5.74) is 3.40. The Balaban J connectivity index is 2.43. The Hall–Kier alpha value is -2.24. The number of rotatable bonds is 13. The monoisotopic (exact) mass is 448 g/mol. The minimum atomic E-state index is -3.36. The van der Waals surface area contributed by atoms with Gasteiger partial charge in [-0.15, -0.1) is 0 Å². The Bertz CT molecular complexity index is 781. The lowest BCUT2D eigenvalue weighted by Gasteiger charge is -2.46. The molecule has 0 spiro atoms. The van der Waals surface area contributed by atoms with Crippen molar-refractivity contribution in [3.8, 4) is 0 Å². The van der Waals surface area contributed by atoms with Crippen molar-refractivity contribution >= 4 is 8.80 Å². The average molecular weight is 449 g/mol. The molecule has 0 saturated carbocycles. The van der Waals surface area contributed by atoms with Crippen molar-refractivity contribution in [2.75, 3.05) is 19.8 Å². The zero-order valence-corrected chi connectivity index (χ0v) is 20.6. The molecule has 0 unspecified atom stereocenters. The predicted octanol–water partition coefficient (Wildman–Crippen LogP) is 6.78. The molecule has 0 aliphatic heterocycles. The highest BCUT2D eigenvalue weighted by Gasteiger charge is 2.64. The van der Waals surface area contributed by atoms with E-state index in [1.165, 1.54) is 0 Å². The second-order valence-corrected chi connectivity index (χ2v) is 10.7. The summed E-state index contributed by atoms with van der Waals surface area (Å²) in [7, 11) is -3.36. The number of hydrogen-bond acceptors (Lipinski definition) is 3. The van der Waals surface area contributed by atoms with E-state index in [0.29, 0.717) is 19.8 Å². The molecule has 4 heteroatoms. The van der Waals surface area contributed by atoms with Crippen molar-refractivity contribution in [2.45, 2.75) is 45.1 Å². The highest BCUT2D eigenvalue weighted by molar-refractivity contribution is 6.66. The van der Waals surface area contributed by atoms with Crippen LogP contribution in [0.15, 0.2) is 91.0 Å². The maximum absolute atomic E-state index is 6.81. The first-order valence-corrected chi connectivity index (χ1v) is 13.6. The lowest BCUT2D eigenvalue weighted by molar-refractivity contribution is 0.0442. The van der Waals surface area contributed by atoms with E-state index in [9.17, 15) is 0 Å². The normalized spacial score (nSPS) is 12.1. The molecule has 0 bridgehead atoms. The minimum Gasteiger partial charge on any atom is -0.373 e. The molecule has 0 heterocycles. The molecule has 3 rings (SSSR count). The summed E-state index contributed by atoms with van der Waals surface area (Å²) in [6, 6.07) is 31.8. The molecule has 0 aliphatic carbocycles. The quantitative estimate of drug-likeness (QED) is 0.213. The second kappa shape index (κ2) is 12.1. The van der Waals surface area contributed by atoms with E-state index in [-0.39, 0.29) is 0 Å². The van der Waals surface area contributed by atoms with E-state index in [0.717, 1.165) is 36.0 Å². The van der Waals surface area contributed by atoms with Gasteiger partial charge < -0.3 is 13.3 Å². The van der Waals surface area contributed by atoms with Gasteiger partial charge in [-0.3, -0.25) is 0 Å². The summed E-state index contributed by atoms with van der Waals surface area (Å²) in [5.74, 6) is 0. The summed E-state index contributed by atoms with van der Waals surface area (Å²) in [5, 5.41) is -0.684. The molecule has 170 valence electrons. The van der Waals surface area contributed by atoms with Crippen LogP contribution in [0.4, 0.5) is 0 Å². The molecule has 32 heavy (non-hydrogen) atoms. The fourth-order valence-corrected chi connectivity index (χ4v) is 8.13. The molecule has 0 aromatic heterocycles. The van der Waals surface area contributed by atoms with Gasteiger partial charge in [-0.2, -0.15) is 0 Å². The third-order valence-corrected chi connectivity index (χ3v) is 9.11. The van der Waals surface area contributed by atoms with E-state index in [1.54, 1.807) is 0 Å². The van der Waals surface area contributed by atoms with E-state index in [1.807, 2.05) is 0 Å². The van der Waals surface area contributed by atoms with Crippen molar-refractivity contribution in [1.82, 2.24) is 0 Å². The van der Waals surface area contributed by atoms with Crippen LogP contribution in [0.5, 0.6) is 0 Å². The second-order valence-electron chi connectivity index (χ2n) is 7.95. The first kappa shape index (κ1) is 24.4. The largest absolute Gasteiger partial charge is 0.521 e. The Morgan fingerprint density at radius 2 is 0.781 bits per heavy atom. The van der Waals surface area contributed by atoms with Crippen LogP contribution in [-0.4, -0.2) is 28.6 Å². The van der Waals surface area contributed by atoms with E-state index in [2.05, 4.69) is 112 Å². The van der Waals surface area contributed by atoms with Crippen LogP contribution in [0.1, 0.15) is 56.7 Å². The molecule has 3 aromatic rings. The van der Waals surface area contributed by atoms with Gasteiger partial charge in [-0.25, -0.2) is 0 Å². The van der Waals surface area contributed by atoms with Crippen molar-refractivity contribution in [2.24, 2.45) is 0 Å². The first-order chi connectivity index (χ1) is 15.7. The van der Waals surface area contributed by atoms with Gasteiger partial charge in [0, 0.05) is 19.8 Å². The third-order valence-electron chi connectivity index (χ3n) is 5.57. The van der Waals surface area contributed by atoms with Crippen LogP contribution >= 0.6 is 0 Å². The predicted molar refractivity (Wildman–Crippen MR) is 134 cm³/mol. The molecule has 0 N–H and O–H groups in total. The highest BCUT2D eigenvalue weighted by atomic mass is 28.4. The van der Waals surface area contributed by atoms with Gasteiger partial charge in [0.2, 0.25) is 0 Å². The van der Waals surface area contributed by atoms with Crippen LogP contribution < -0.4 is 0 Å². The molecule has 0 aliphatic rings. The zero-order chi connectivity index (χ0) is 22.7. The number of benzene rings is 3. The van der Waals surface area contributed by atoms with Gasteiger partial charge in [0.05, 0.1) is 0 Å². The fourth-order valence-electron chi connectivity index (χ4n) is 4.25. The third kappa shape index (κ3) is 4.89. The van der Waals surface area contributed by atoms with Gasteiger partial charge in [0.15, 0.2) is 0 Å². The van der Waals surface area contributed by atoms with Crippen LogP contribution in [0.2, 0.25) is 0 Å². The molecule has 0 amide bonds. The van der Waals surface area contributed by atoms with E-state index < -0.39 is 13.8 Å². The van der Waals surface area contributed by atoms with Gasteiger partial charge in [-0.1, -0.05) is 112 Å². The Morgan fingerprint density at radius 1 is 0.500 bits per heavy atom. The van der Waals surface area contributed by atoms with Crippen LogP contribution in [-0.2, 0) is 18.3 Å². The lowest BCUT2D eigenvalue weighted by Crippen LogP contribution is -2.64. The summed E-state index contributed by atoms with van der Waals surface area (Å²) in [6.45, 7) is 8.17. The summed E-state index contributed by atoms with van der Waals surface area (Å²) < 4.78 is 20.4. The van der Waals surface area contributed by atoms with Gasteiger partial charge in [0.25, 0.3) is 0 Å². The average Bonchev–Trinajstić information content (AvgIpc) is 2.87. The molecule has 0 saturated heterocycles. The van der Waals surface area contributed by atoms with Crippen molar-refractivity contribution in [1.29, 1.82) is 0 Å². The Morgan fingerprint density at radius 3 is 1.03 bits per heavy atom. The van der Waals surface area contributed by atoms with E-state index >= 15 is 0 Å². The van der Waals surface area contributed by atoms with Crippen LogP contribution in [0, 0.1) is 0 Å². The Labute approximate surface area is 194 Å². The van der Waals surface area contributed by atoms with Crippen LogP contribution in [0.3, 0.4) is 0 Å². The maximum atomic E-state index is 6.81. The molecular weight excluding hydrogens is 412 g/mol. The smallest absolute Gasteiger partial charge is 0.373 e. The SMILES string of the molecule is CCCO[Si](OCCC)(OCCC)C(c1ccccc1)(c1ccccc1)c1ccccc1. The number of hydrogen-bond donors (Lipinski definition) is 0. The molecule has 0 fully saturated rings. The first-order valence-electron chi connectivity index (χ1n) is 11.8. The maximum Gasteiger partial charge on any atom is 0.521 e. The lowest BCUT2D eigenvalue weighted by atomic mass is 9.84. The standard InChI is InChI=1S/C28H36O3Si/c1-4-22-29-32(30-23-5-2,31-24-6-3)28(25-16-10-7-11-17-25,26-18-12-8-13-19-26)27-20-14-9-15-21-27/h7-21H,4-6,22-24H2,1-3H3. The molecule has 3 aromatic carbocycles. The summed E-state index contributed by atoms with van der Waals surface area (Å²) in [4.78, 5) is 0. The minimum absolute atomic E-state index is 0.591. The summed E-state index contributed by atoms with van der Waals surface area (Å²) >= 11 is 0. The zero-order valence-electron chi connectivity index (χ0n) is 19.6.